The molecule has 0 amide bonds. The van der Waals surface area contributed by atoms with Gasteiger partial charge in [0, 0.05) is 6.92 Å². The number of ether oxygens (including phenoxy) is 2. The van der Waals surface area contributed by atoms with Gasteiger partial charge in [-0.3, -0.25) is 4.79 Å². The SMILES string of the molecule is CCc1cccc(C(=O)OCC(C)C)c1OC(C)=O. The van der Waals surface area contributed by atoms with Crippen LogP contribution in [0, 0.1) is 5.92 Å². The van der Waals surface area contributed by atoms with E-state index in [2.05, 4.69) is 0 Å². The van der Waals surface area contributed by atoms with Gasteiger partial charge in [-0.2, -0.15) is 0 Å². The Balaban J connectivity index is 3.04. The van der Waals surface area contributed by atoms with Gasteiger partial charge in [-0.1, -0.05) is 32.9 Å². The van der Waals surface area contributed by atoms with Gasteiger partial charge in [-0.15, -0.1) is 0 Å². The van der Waals surface area contributed by atoms with Crippen molar-refractivity contribution in [2.24, 2.45) is 5.92 Å². The minimum Gasteiger partial charge on any atom is -0.462 e. The van der Waals surface area contributed by atoms with Gasteiger partial charge in [0.2, 0.25) is 0 Å². The molecular weight excluding hydrogens is 244 g/mol. The van der Waals surface area contributed by atoms with Crippen LogP contribution in [0.5, 0.6) is 5.75 Å². The lowest BCUT2D eigenvalue weighted by Gasteiger charge is -2.13. The predicted octanol–water partition coefficient (Wildman–Crippen LogP) is 2.99. The second-order valence-corrected chi connectivity index (χ2v) is 4.73. The summed E-state index contributed by atoms with van der Waals surface area (Å²) in [5.41, 5.74) is 1.12. The molecule has 0 unspecified atom stereocenters. The molecule has 0 aliphatic carbocycles. The molecule has 1 rings (SSSR count). The molecule has 1 aromatic carbocycles. The van der Waals surface area contributed by atoms with Crippen molar-refractivity contribution in [3.8, 4) is 5.75 Å². The van der Waals surface area contributed by atoms with Crippen molar-refractivity contribution in [2.45, 2.75) is 34.1 Å². The maximum absolute atomic E-state index is 12.0. The number of para-hydroxylation sites is 1. The van der Waals surface area contributed by atoms with E-state index in [1.54, 1.807) is 12.1 Å². The second kappa shape index (κ2) is 6.92. The molecule has 0 aliphatic rings. The highest BCUT2D eigenvalue weighted by molar-refractivity contribution is 5.94. The molecule has 0 atom stereocenters. The Kier molecular flexibility index (Phi) is 5.55. The highest BCUT2D eigenvalue weighted by Crippen LogP contribution is 2.26. The van der Waals surface area contributed by atoms with Crippen LogP contribution in [0.2, 0.25) is 0 Å². The predicted molar refractivity (Wildman–Crippen MR) is 72.2 cm³/mol. The number of hydrogen-bond donors (Lipinski definition) is 0. The fraction of sp³-hybridized carbons (Fsp3) is 0.467. The zero-order chi connectivity index (χ0) is 14.4. The Morgan fingerprint density at radius 1 is 1.26 bits per heavy atom. The molecule has 0 saturated carbocycles. The van der Waals surface area contributed by atoms with E-state index in [4.69, 9.17) is 9.47 Å². The Bertz CT molecular complexity index is 463. The van der Waals surface area contributed by atoms with Crippen LogP contribution in [-0.2, 0) is 16.0 Å². The van der Waals surface area contributed by atoms with Gasteiger partial charge in [-0.05, 0) is 24.0 Å². The summed E-state index contributed by atoms with van der Waals surface area (Å²) in [6.07, 6.45) is 0.675. The van der Waals surface area contributed by atoms with E-state index >= 15 is 0 Å². The van der Waals surface area contributed by atoms with E-state index in [0.29, 0.717) is 24.3 Å². The van der Waals surface area contributed by atoms with Crippen LogP contribution in [0.1, 0.15) is 43.6 Å². The topological polar surface area (TPSA) is 52.6 Å². The van der Waals surface area contributed by atoms with Crippen molar-refractivity contribution in [1.82, 2.24) is 0 Å². The highest BCUT2D eigenvalue weighted by atomic mass is 16.5. The molecule has 0 bridgehead atoms. The van der Waals surface area contributed by atoms with Crippen LogP contribution in [-0.4, -0.2) is 18.5 Å². The molecule has 0 N–H and O–H groups in total. The molecule has 104 valence electrons. The van der Waals surface area contributed by atoms with E-state index < -0.39 is 11.9 Å². The summed E-state index contributed by atoms with van der Waals surface area (Å²) in [4.78, 5) is 23.2. The summed E-state index contributed by atoms with van der Waals surface area (Å²) < 4.78 is 10.3. The zero-order valence-electron chi connectivity index (χ0n) is 11.9. The van der Waals surface area contributed by atoms with Gasteiger partial charge < -0.3 is 9.47 Å². The molecule has 0 radical (unpaired) electrons. The number of esters is 2. The van der Waals surface area contributed by atoms with Gasteiger partial charge in [0.05, 0.1) is 6.61 Å². The lowest BCUT2D eigenvalue weighted by atomic mass is 10.1. The van der Waals surface area contributed by atoms with Crippen LogP contribution >= 0.6 is 0 Å². The lowest BCUT2D eigenvalue weighted by Crippen LogP contribution is -2.14. The van der Waals surface area contributed by atoms with Crippen LogP contribution in [0.15, 0.2) is 18.2 Å². The minimum atomic E-state index is -0.458. The van der Waals surface area contributed by atoms with Crippen molar-refractivity contribution >= 4 is 11.9 Å². The van der Waals surface area contributed by atoms with Gasteiger partial charge in [0.25, 0.3) is 0 Å². The van der Waals surface area contributed by atoms with E-state index in [-0.39, 0.29) is 5.92 Å². The first-order chi connectivity index (χ1) is 8.95. The number of carbonyl (C=O) groups excluding carboxylic acids is 2. The summed E-state index contributed by atoms with van der Waals surface area (Å²) >= 11 is 0. The first-order valence-electron chi connectivity index (χ1n) is 6.43. The lowest BCUT2D eigenvalue weighted by molar-refractivity contribution is -0.131. The second-order valence-electron chi connectivity index (χ2n) is 4.73. The number of benzene rings is 1. The van der Waals surface area contributed by atoms with Crippen molar-refractivity contribution < 1.29 is 19.1 Å². The first-order valence-corrected chi connectivity index (χ1v) is 6.43. The largest absolute Gasteiger partial charge is 0.462 e. The van der Waals surface area contributed by atoms with E-state index in [0.717, 1.165) is 5.56 Å². The highest BCUT2D eigenvalue weighted by Gasteiger charge is 2.18. The summed E-state index contributed by atoms with van der Waals surface area (Å²) in [6, 6.07) is 5.20. The first kappa shape index (κ1) is 15.2. The maximum Gasteiger partial charge on any atom is 0.341 e. The smallest absolute Gasteiger partial charge is 0.341 e. The minimum absolute atomic E-state index is 0.260. The molecule has 0 spiro atoms. The van der Waals surface area contributed by atoms with Gasteiger partial charge in [0.1, 0.15) is 11.3 Å². The maximum atomic E-state index is 12.0. The van der Waals surface area contributed by atoms with Gasteiger partial charge in [-0.25, -0.2) is 4.79 Å². The summed E-state index contributed by atoms with van der Waals surface area (Å²) in [7, 11) is 0. The van der Waals surface area contributed by atoms with Gasteiger partial charge in [0.15, 0.2) is 0 Å². The van der Waals surface area contributed by atoms with Crippen molar-refractivity contribution in [3.05, 3.63) is 29.3 Å². The third kappa shape index (κ3) is 4.39. The van der Waals surface area contributed by atoms with E-state index in [9.17, 15) is 9.59 Å². The van der Waals surface area contributed by atoms with E-state index in [1.807, 2.05) is 26.8 Å². The van der Waals surface area contributed by atoms with Crippen LogP contribution in [0.4, 0.5) is 0 Å². The summed E-state index contributed by atoms with van der Waals surface area (Å²) in [5, 5.41) is 0. The van der Waals surface area contributed by atoms with Gasteiger partial charge >= 0.3 is 11.9 Å². The summed E-state index contributed by atoms with van der Waals surface area (Å²) in [6.45, 7) is 7.52. The number of hydrogen-bond acceptors (Lipinski definition) is 4. The molecule has 0 aromatic heterocycles. The van der Waals surface area contributed by atoms with E-state index in [1.165, 1.54) is 6.92 Å². The average Bonchev–Trinajstić information content (AvgIpc) is 2.35. The molecule has 4 nitrogen and oxygen atoms in total. The molecular formula is C15H20O4. The molecule has 0 heterocycles. The Morgan fingerprint density at radius 3 is 2.47 bits per heavy atom. The number of aryl methyl sites for hydroxylation is 1. The fourth-order valence-corrected chi connectivity index (χ4v) is 1.61. The third-order valence-corrected chi connectivity index (χ3v) is 2.49. The zero-order valence-corrected chi connectivity index (χ0v) is 11.9. The Labute approximate surface area is 113 Å². The number of rotatable bonds is 5. The normalized spacial score (nSPS) is 10.4. The standard InChI is InChI=1S/C15H20O4/c1-5-12-7-6-8-13(14(12)19-11(4)16)15(17)18-9-10(2)3/h6-8,10H,5,9H2,1-4H3. The van der Waals surface area contributed by atoms with Crippen LogP contribution in [0.3, 0.4) is 0 Å². The molecule has 19 heavy (non-hydrogen) atoms. The molecule has 0 aliphatic heterocycles. The number of carbonyl (C=O) groups is 2. The van der Waals surface area contributed by atoms with Crippen molar-refractivity contribution in [2.75, 3.05) is 6.61 Å². The van der Waals surface area contributed by atoms with Crippen LogP contribution in [0.25, 0.3) is 0 Å². The molecule has 1 aromatic rings. The molecule has 0 saturated heterocycles. The van der Waals surface area contributed by atoms with Crippen molar-refractivity contribution in [1.29, 1.82) is 0 Å². The molecule has 0 fully saturated rings. The van der Waals surface area contributed by atoms with Crippen molar-refractivity contribution in [3.63, 3.8) is 0 Å². The molecule has 4 heteroatoms. The fourth-order valence-electron chi connectivity index (χ4n) is 1.61. The Morgan fingerprint density at radius 2 is 1.95 bits per heavy atom. The van der Waals surface area contributed by atoms with Crippen LogP contribution < -0.4 is 4.74 Å². The average molecular weight is 264 g/mol. The third-order valence-electron chi connectivity index (χ3n) is 2.49. The quantitative estimate of drug-likeness (QED) is 0.606. The summed E-state index contributed by atoms with van der Waals surface area (Å²) in [5.74, 6) is -0.333. The monoisotopic (exact) mass is 264 g/mol. The Hall–Kier alpha value is -1.84.